The zero-order chi connectivity index (χ0) is 29.6. The summed E-state index contributed by atoms with van der Waals surface area (Å²) < 4.78 is 42.2. The lowest BCUT2D eigenvalue weighted by molar-refractivity contribution is -0.139. The highest BCUT2D eigenvalue weighted by Gasteiger charge is 2.33. The van der Waals surface area contributed by atoms with Gasteiger partial charge in [-0.25, -0.2) is 12.8 Å². The van der Waals surface area contributed by atoms with E-state index < -0.39 is 40.2 Å². The maximum absolute atomic E-state index is 13.9. The van der Waals surface area contributed by atoms with Crippen LogP contribution in [0.3, 0.4) is 0 Å². The molecule has 2 atom stereocenters. The van der Waals surface area contributed by atoms with E-state index in [1.807, 2.05) is 20.8 Å². The Kier molecular flexibility index (Phi) is 10.6. The normalized spacial score (nSPS) is 12.9. The lowest BCUT2D eigenvalue weighted by Crippen LogP contribution is -2.52. The summed E-state index contributed by atoms with van der Waals surface area (Å²) in [5, 5.41) is 3.15. The predicted molar refractivity (Wildman–Crippen MR) is 156 cm³/mol. The van der Waals surface area contributed by atoms with Crippen molar-refractivity contribution in [2.45, 2.75) is 57.6 Å². The van der Waals surface area contributed by atoms with Gasteiger partial charge in [0.05, 0.1) is 15.6 Å². The molecule has 1 N–H and O–H groups in total. The van der Waals surface area contributed by atoms with Crippen LogP contribution in [0.5, 0.6) is 0 Å². The Bertz CT molecular complexity index is 1450. The second-order valence-corrected chi connectivity index (χ2v) is 12.3. The highest BCUT2D eigenvalue weighted by molar-refractivity contribution is 7.92. The Hall–Kier alpha value is -3.14. The Labute approximate surface area is 244 Å². The highest BCUT2D eigenvalue weighted by atomic mass is 35.5. The first-order valence-corrected chi connectivity index (χ1v) is 14.9. The molecular weight excluding hydrogens is 576 g/mol. The molecule has 0 fully saturated rings. The molecule has 0 saturated carbocycles. The lowest BCUT2D eigenvalue weighted by atomic mass is 10.1. The van der Waals surface area contributed by atoms with Crippen molar-refractivity contribution >= 4 is 50.7 Å². The number of anilines is 1. The summed E-state index contributed by atoms with van der Waals surface area (Å²) in [4.78, 5) is 28.2. The summed E-state index contributed by atoms with van der Waals surface area (Å²) >= 11 is 12.6. The molecule has 0 aliphatic rings. The molecule has 2 amide bonds. The number of amides is 2. The SMILES string of the molecule is CCC(C)NC(=O)C(C)N(Cc1ccc(F)cc1)C(=O)CN(c1cc(Cl)ccc1Cl)S(=O)(=O)c1ccc(C)cc1. The molecule has 2 unspecified atom stereocenters. The van der Waals surface area contributed by atoms with Gasteiger partial charge in [-0.15, -0.1) is 0 Å². The van der Waals surface area contributed by atoms with Crippen molar-refractivity contribution in [1.82, 2.24) is 10.2 Å². The lowest BCUT2D eigenvalue weighted by Gasteiger charge is -2.32. The Balaban J connectivity index is 2.06. The van der Waals surface area contributed by atoms with Crippen molar-refractivity contribution in [2.24, 2.45) is 0 Å². The zero-order valence-corrected chi connectivity index (χ0v) is 25.0. The molecule has 0 radical (unpaired) electrons. The molecule has 214 valence electrons. The Morgan fingerprint density at radius 2 is 1.60 bits per heavy atom. The van der Waals surface area contributed by atoms with E-state index in [1.165, 1.54) is 59.5 Å². The topological polar surface area (TPSA) is 86.8 Å². The zero-order valence-electron chi connectivity index (χ0n) is 22.7. The molecule has 0 saturated heterocycles. The van der Waals surface area contributed by atoms with Crippen LogP contribution in [0.1, 0.15) is 38.3 Å². The minimum atomic E-state index is -4.29. The second kappa shape index (κ2) is 13.5. The summed E-state index contributed by atoms with van der Waals surface area (Å²) in [6.07, 6.45) is 0.681. The van der Waals surface area contributed by atoms with E-state index in [9.17, 15) is 22.4 Å². The second-order valence-electron chi connectivity index (χ2n) is 9.56. The number of rotatable bonds is 11. The van der Waals surface area contributed by atoms with Gasteiger partial charge in [0.1, 0.15) is 18.4 Å². The monoisotopic (exact) mass is 607 g/mol. The molecule has 0 aliphatic heterocycles. The van der Waals surface area contributed by atoms with Crippen LogP contribution in [0.2, 0.25) is 10.0 Å². The fourth-order valence-electron chi connectivity index (χ4n) is 3.86. The van der Waals surface area contributed by atoms with Crippen LogP contribution in [0.15, 0.2) is 71.6 Å². The molecule has 3 aromatic carbocycles. The number of benzene rings is 3. The van der Waals surface area contributed by atoms with Crippen molar-refractivity contribution < 1.29 is 22.4 Å². The van der Waals surface area contributed by atoms with Gasteiger partial charge in [0.2, 0.25) is 11.8 Å². The number of halogens is 3. The number of aryl methyl sites for hydroxylation is 1. The minimum Gasteiger partial charge on any atom is -0.352 e. The number of hydrogen-bond acceptors (Lipinski definition) is 4. The van der Waals surface area contributed by atoms with Crippen LogP contribution in [-0.2, 0) is 26.2 Å². The first-order valence-electron chi connectivity index (χ1n) is 12.7. The van der Waals surface area contributed by atoms with Gasteiger partial charge in [0.15, 0.2) is 0 Å². The smallest absolute Gasteiger partial charge is 0.264 e. The van der Waals surface area contributed by atoms with Gasteiger partial charge in [-0.2, -0.15) is 0 Å². The molecule has 7 nitrogen and oxygen atoms in total. The van der Waals surface area contributed by atoms with Gasteiger partial charge in [-0.3, -0.25) is 13.9 Å². The number of nitrogens with one attached hydrogen (secondary N) is 1. The fourth-order valence-corrected chi connectivity index (χ4v) is 5.72. The van der Waals surface area contributed by atoms with Crippen molar-refractivity contribution in [3.05, 3.63) is 93.7 Å². The predicted octanol–water partition coefficient (Wildman–Crippen LogP) is 5.97. The molecular formula is C29H32Cl2FN3O4S. The number of sulfonamides is 1. The van der Waals surface area contributed by atoms with Crippen molar-refractivity contribution in [3.63, 3.8) is 0 Å². The van der Waals surface area contributed by atoms with E-state index in [0.717, 1.165) is 9.87 Å². The third-order valence-electron chi connectivity index (χ3n) is 6.50. The quantitative estimate of drug-likeness (QED) is 0.291. The van der Waals surface area contributed by atoms with Crippen molar-refractivity contribution in [3.8, 4) is 0 Å². The largest absolute Gasteiger partial charge is 0.352 e. The molecule has 3 aromatic rings. The van der Waals surface area contributed by atoms with Crippen LogP contribution < -0.4 is 9.62 Å². The van der Waals surface area contributed by atoms with E-state index in [-0.39, 0.29) is 33.2 Å². The molecule has 3 rings (SSSR count). The summed E-state index contributed by atoms with van der Waals surface area (Å²) in [6, 6.07) is 14.9. The molecule has 0 bridgehead atoms. The summed E-state index contributed by atoms with van der Waals surface area (Å²) in [7, 11) is -4.29. The Morgan fingerprint density at radius 3 is 2.20 bits per heavy atom. The van der Waals surface area contributed by atoms with E-state index in [1.54, 1.807) is 19.1 Å². The van der Waals surface area contributed by atoms with E-state index in [2.05, 4.69) is 5.32 Å². The van der Waals surface area contributed by atoms with Gasteiger partial charge in [0.25, 0.3) is 10.0 Å². The van der Waals surface area contributed by atoms with Crippen LogP contribution in [0.4, 0.5) is 10.1 Å². The molecule has 0 aliphatic carbocycles. The van der Waals surface area contributed by atoms with E-state index >= 15 is 0 Å². The van der Waals surface area contributed by atoms with Crippen molar-refractivity contribution in [2.75, 3.05) is 10.8 Å². The molecule has 0 heterocycles. The van der Waals surface area contributed by atoms with Crippen LogP contribution in [-0.4, -0.2) is 43.8 Å². The van der Waals surface area contributed by atoms with Gasteiger partial charge < -0.3 is 10.2 Å². The minimum absolute atomic E-state index is 0.0153. The average Bonchev–Trinajstić information content (AvgIpc) is 2.92. The van der Waals surface area contributed by atoms with Crippen LogP contribution in [0, 0.1) is 12.7 Å². The highest BCUT2D eigenvalue weighted by Crippen LogP contribution is 2.33. The van der Waals surface area contributed by atoms with Gasteiger partial charge in [-0.1, -0.05) is 60.0 Å². The van der Waals surface area contributed by atoms with Crippen LogP contribution >= 0.6 is 23.2 Å². The van der Waals surface area contributed by atoms with Gasteiger partial charge >= 0.3 is 0 Å². The van der Waals surface area contributed by atoms with Gasteiger partial charge in [-0.05, 0) is 75.2 Å². The fraction of sp³-hybridized carbons (Fsp3) is 0.310. The summed E-state index contributed by atoms with van der Waals surface area (Å²) in [5.41, 5.74) is 1.43. The molecule has 11 heteroatoms. The number of carbonyl (C=O) groups excluding carboxylic acids is 2. The first kappa shape index (κ1) is 31.4. The van der Waals surface area contributed by atoms with E-state index in [0.29, 0.717) is 12.0 Å². The average molecular weight is 609 g/mol. The third kappa shape index (κ3) is 7.74. The molecule has 0 spiro atoms. The number of nitrogens with zero attached hydrogens (tertiary/aromatic N) is 2. The summed E-state index contributed by atoms with van der Waals surface area (Å²) in [6.45, 7) is 6.41. The number of hydrogen-bond donors (Lipinski definition) is 1. The molecule has 0 aromatic heterocycles. The first-order chi connectivity index (χ1) is 18.8. The molecule has 40 heavy (non-hydrogen) atoms. The maximum atomic E-state index is 13.9. The maximum Gasteiger partial charge on any atom is 0.264 e. The van der Waals surface area contributed by atoms with Crippen molar-refractivity contribution in [1.29, 1.82) is 0 Å². The van der Waals surface area contributed by atoms with E-state index in [4.69, 9.17) is 23.2 Å². The Morgan fingerprint density at radius 1 is 0.975 bits per heavy atom. The summed E-state index contributed by atoms with van der Waals surface area (Å²) in [5.74, 6) is -1.52. The van der Waals surface area contributed by atoms with Crippen LogP contribution in [0.25, 0.3) is 0 Å². The third-order valence-corrected chi connectivity index (χ3v) is 8.83. The van der Waals surface area contributed by atoms with Gasteiger partial charge in [0, 0.05) is 17.6 Å². The number of carbonyl (C=O) groups is 2. The standard InChI is InChI=1S/C29H32Cl2FN3O4S/c1-5-20(3)33-29(37)21(4)34(17-22-8-11-24(32)12-9-22)28(36)18-35(27-16-23(30)10-15-26(27)31)40(38,39)25-13-6-19(2)7-14-25/h6-16,20-21H,5,17-18H2,1-4H3,(H,33,37).